The van der Waals surface area contributed by atoms with E-state index < -0.39 is 17.7 Å². The molecule has 3 rings (SSSR count). The number of rotatable bonds is 4. The first-order valence-corrected chi connectivity index (χ1v) is 7.72. The Morgan fingerprint density at radius 2 is 1.72 bits per heavy atom. The summed E-state index contributed by atoms with van der Waals surface area (Å²) in [6.07, 6.45) is -4.45. The first-order valence-electron chi connectivity index (χ1n) is 7.72. The lowest BCUT2D eigenvalue weighted by molar-refractivity contribution is -0.138. The second kappa shape index (κ2) is 6.27. The number of carbonyl (C=O) groups is 1. The highest BCUT2D eigenvalue weighted by Gasteiger charge is 2.30. The van der Waals surface area contributed by atoms with Gasteiger partial charge in [-0.15, -0.1) is 0 Å². The summed E-state index contributed by atoms with van der Waals surface area (Å²) in [5.41, 5.74) is 2.45. The van der Waals surface area contributed by atoms with Gasteiger partial charge in [0.15, 0.2) is 0 Å². The van der Waals surface area contributed by atoms with E-state index in [1.165, 1.54) is 12.1 Å². The van der Waals surface area contributed by atoms with Crippen LogP contribution in [0.3, 0.4) is 0 Å². The minimum atomic E-state index is -4.36. The van der Waals surface area contributed by atoms with E-state index in [0.29, 0.717) is 6.54 Å². The molecular formula is C19H16F3NO2. The van der Waals surface area contributed by atoms with Crippen LogP contribution in [0.1, 0.15) is 22.4 Å². The van der Waals surface area contributed by atoms with Crippen LogP contribution in [-0.2, 0) is 23.9 Å². The maximum Gasteiger partial charge on any atom is 0.416 e. The molecule has 3 nitrogen and oxygen atoms in total. The van der Waals surface area contributed by atoms with Crippen LogP contribution >= 0.6 is 0 Å². The number of carboxylic acid groups (broad SMARTS) is 1. The smallest absolute Gasteiger partial charge is 0.416 e. The number of hydrogen-bond acceptors (Lipinski definition) is 1. The van der Waals surface area contributed by atoms with Gasteiger partial charge < -0.3 is 9.67 Å². The molecule has 0 bridgehead atoms. The highest BCUT2D eigenvalue weighted by molar-refractivity contribution is 5.89. The molecule has 0 unspecified atom stereocenters. The summed E-state index contributed by atoms with van der Waals surface area (Å²) in [7, 11) is 0. The standard InChI is InChI=1S/C19H16F3NO2/c1-12-16(10-18(24)25)15-4-2-3-5-17(15)23(12)11-13-6-8-14(9-7-13)19(20,21)22/h2-9H,10-11H2,1H3,(H,24,25). The van der Waals surface area contributed by atoms with Crippen molar-refractivity contribution in [2.24, 2.45) is 0 Å². The Morgan fingerprint density at radius 3 is 2.32 bits per heavy atom. The van der Waals surface area contributed by atoms with Gasteiger partial charge in [0.1, 0.15) is 0 Å². The molecule has 6 heteroatoms. The zero-order valence-electron chi connectivity index (χ0n) is 13.5. The zero-order valence-corrected chi connectivity index (χ0v) is 13.5. The Bertz CT molecular complexity index is 924. The second-order valence-electron chi connectivity index (χ2n) is 5.93. The zero-order chi connectivity index (χ0) is 18.2. The summed E-state index contributed by atoms with van der Waals surface area (Å²) in [6, 6.07) is 12.5. The molecule has 1 aromatic heterocycles. The van der Waals surface area contributed by atoms with Gasteiger partial charge in [-0.25, -0.2) is 0 Å². The van der Waals surface area contributed by atoms with E-state index >= 15 is 0 Å². The third-order valence-electron chi connectivity index (χ3n) is 4.31. The molecule has 0 saturated heterocycles. The Morgan fingerprint density at radius 1 is 1.08 bits per heavy atom. The normalized spacial score (nSPS) is 11.8. The molecule has 130 valence electrons. The molecule has 0 atom stereocenters. The van der Waals surface area contributed by atoms with Crippen LogP contribution in [0.4, 0.5) is 13.2 Å². The van der Waals surface area contributed by atoms with E-state index in [1.54, 1.807) is 0 Å². The molecule has 0 spiro atoms. The summed E-state index contributed by atoms with van der Waals surface area (Å²) >= 11 is 0. The van der Waals surface area contributed by atoms with Crippen LogP contribution in [0.25, 0.3) is 10.9 Å². The van der Waals surface area contributed by atoms with Crippen LogP contribution < -0.4 is 0 Å². The van der Waals surface area contributed by atoms with Gasteiger partial charge >= 0.3 is 12.1 Å². The third kappa shape index (κ3) is 3.38. The molecule has 25 heavy (non-hydrogen) atoms. The number of nitrogens with zero attached hydrogens (tertiary/aromatic N) is 1. The van der Waals surface area contributed by atoms with E-state index in [9.17, 15) is 18.0 Å². The van der Waals surface area contributed by atoms with E-state index in [0.717, 1.165) is 39.9 Å². The quantitative estimate of drug-likeness (QED) is 0.747. The van der Waals surface area contributed by atoms with Crippen molar-refractivity contribution < 1.29 is 23.1 Å². The maximum absolute atomic E-state index is 12.7. The highest BCUT2D eigenvalue weighted by atomic mass is 19.4. The predicted molar refractivity (Wildman–Crippen MR) is 88.6 cm³/mol. The average molecular weight is 347 g/mol. The molecule has 0 fully saturated rings. The Balaban J connectivity index is 2.01. The Kier molecular flexibility index (Phi) is 4.29. The monoisotopic (exact) mass is 347 g/mol. The molecule has 3 aromatic rings. The highest BCUT2D eigenvalue weighted by Crippen LogP contribution is 2.30. The lowest BCUT2D eigenvalue weighted by Gasteiger charge is -2.11. The molecule has 0 aliphatic rings. The number of benzene rings is 2. The number of fused-ring (bicyclic) bond motifs is 1. The number of hydrogen-bond donors (Lipinski definition) is 1. The second-order valence-corrected chi connectivity index (χ2v) is 5.93. The molecule has 1 N–H and O–H groups in total. The van der Waals surface area contributed by atoms with Gasteiger partial charge in [0.2, 0.25) is 0 Å². The first-order chi connectivity index (χ1) is 11.8. The van der Waals surface area contributed by atoms with Crippen molar-refractivity contribution in [3.63, 3.8) is 0 Å². The Hall–Kier alpha value is -2.76. The summed E-state index contributed by atoms with van der Waals surface area (Å²) in [5, 5.41) is 10.00. The van der Waals surface area contributed by atoms with Crippen molar-refractivity contribution >= 4 is 16.9 Å². The molecule has 1 heterocycles. The van der Waals surface area contributed by atoms with E-state index in [4.69, 9.17) is 5.11 Å². The number of para-hydroxylation sites is 1. The third-order valence-corrected chi connectivity index (χ3v) is 4.31. The molecule has 0 saturated carbocycles. The number of carboxylic acids is 1. The largest absolute Gasteiger partial charge is 0.481 e. The van der Waals surface area contributed by atoms with Crippen molar-refractivity contribution in [1.82, 2.24) is 4.57 Å². The van der Waals surface area contributed by atoms with Crippen molar-refractivity contribution in [1.29, 1.82) is 0 Å². The van der Waals surface area contributed by atoms with Gasteiger partial charge in [-0.2, -0.15) is 13.2 Å². The summed E-state index contributed by atoms with van der Waals surface area (Å²) in [5.74, 6) is -0.916. The van der Waals surface area contributed by atoms with Crippen LogP contribution in [0.5, 0.6) is 0 Å². The SMILES string of the molecule is Cc1c(CC(=O)O)c2ccccc2n1Cc1ccc(C(F)(F)F)cc1. The fourth-order valence-electron chi connectivity index (χ4n) is 3.06. The van der Waals surface area contributed by atoms with Crippen molar-refractivity contribution in [3.8, 4) is 0 Å². The number of alkyl halides is 3. The summed E-state index contributed by atoms with van der Waals surface area (Å²) in [6.45, 7) is 2.21. The van der Waals surface area contributed by atoms with Crippen molar-refractivity contribution in [2.75, 3.05) is 0 Å². The maximum atomic E-state index is 12.7. The lowest BCUT2D eigenvalue weighted by atomic mass is 10.1. The van der Waals surface area contributed by atoms with Gasteiger partial charge in [-0.3, -0.25) is 4.79 Å². The summed E-state index contributed by atoms with van der Waals surface area (Å²) in [4.78, 5) is 11.1. The van der Waals surface area contributed by atoms with E-state index in [2.05, 4.69) is 0 Å². The van der Waals surface area contributed by atoms with Gasteiger partial charge in [-0.1, -0.05) is 30.3 Å². The van der Waals surface area contributed by atoms with Crippen molar-refractivity contribution in [3.05, 3.63) is 70.9 Å². The topological polar surface area (TPSA) is 42.2 Å². The van der Waals surface area contributed by atoms with E-state index in [1.807, 2.05) is 35.8 Å². The lowest BCUT2D eigenvalue weighted by Crippen LogP contribution is -2.07. The average Bonchev–Trinajstić information content (AvgIpc) is 2.80. The predicted octanol–water partition coefficient (Wildman–Crippen LogP) is 4.64. The van der Waals surface area contributed by atoms with Gasteiger partial charge in [-0.05, 0) is 36.2 Å². The molecule has 0 aliphatic heterocycles. The fourth-order valence-corrected chi connectivity index (χ4v) is 3.06. The Labute approximate surface area is 142 Å². The van der Waals surface area contributed by atoms with Crippen LogP contribution in [0.2, 0.25) is 0 Å². The van der Waals surface area contributed by atoms with Gasteiger partial charge in [0, 0.05) is 23.1 Å². The van der Waals surface area contributed by atoms with Crippen LogP contribution in [-0.4, -0.2) is 15.6 Å². The molecular weight excluding hydrogens is 331 g/mol. The molecule has 2 aromatic carbocycles. The molecule has 0 radical (unpaired) electrons. The number of halogens is 3. The van der Waals surface area contributed by atoms with Gasteiger partial charge in [0.25, 0.3) is 0 Å². The number of aromatic nitrogens is 1. The molecule has 0 amide bonds. The van der Waals surface area contributed by atoms with Crippen LogP contribution in [0, 0.1) is 6.92 Å². The van der Waals surface area contributed by atoms with E-state index in [-0.39, 0.29) is 6.42 Å². The van der Waals surface area contributed by atoms with Gasteiger partial charge in [0.05, 0.1) is 12.0 Å². The van der Waals surface area contributed by atoms with Crippen LogP contribution in [0.15, 0.2) is 48.5 Å². The number of aliphatic carboxylic acids is 1. The molecule has 0 aliphatic carbocycles. The minimum absolute atomic E-state index is 0.0909. The van der Waals surface area contributed by atoms with Crippen molar-refractivity contribution in [2.45, 2.75) is 26.1 Å². The fraction of sp³-hybridized carbons (Fsp3) is 0.211. The summed E-state index contributed by atoms with van der Waals surface area (Å²) < 4.78 is 40.0. The minimum Gasteiger partial charge on any atom is -0.481 e. The first kappa shape index (κ1) is 17.1.